The molecule has 0 fully saturated rings. The van der Waals surface area contributed by atoms with Crippen LogP contribution in [-0.2, 0) is 11.8 Å². The van der Waals surface area contributed by atoms with Gasteiger partial charge in [0.2, 0.25) is 0 Å². The maximum absolute atomic E-state index is 13.6. The van der Waals surface area contributed by atoms with Crippen LogP contribution in [0.5, 0.6) is 0 Å². The smallest absolute Gasteiger partial charge is 0.271 e. The number of para-hydroxylation sites is 1. The van der Waals surface area contributed by atoms with E-state index in [1.807, 2.05) is 55.7 Å². The highest BCUT2D eigenvalue weighted by atomic mass is 35.5. The molecule has 0 saturated heterocycles. The molecular formula is C25H20ClN5O2S. The van der Waals surface area contributed by atoms with Gasteiger partial charge in [0.1, 0.15) is 0 Å². The zero-order valence-corrected chi connectivity index (χ0v) is 20.0. The monoisotopic (exact) mass is 489 g/mol. The van der Waals surface area contributed by atoms with Gasteiger partial charge in [-0.2, -0.15) is 5.10 Å². The zero-order chi connectivity index (χ0) is 23.8. The lowest BCUT2D eigenvalue weighted by molar-refractivity contribution is -0.113. The fraction of sp³-hybridized carbons (Fsp3) is 0.120. The Morgan fingerprint density at radius 3 is 2.56 bits per heavy atom. The second-order valence-corrected chi connectivity index (χ2v) is 9.35. The molecule has 0 spiro atoms. The van der Waals surface area contributed by atoms with E-state index in [-0.39, 0.29) is 11.5 Å². The largest absolute Gasteiger partial charge is 0.322 e. The van der Waals surface area contributed by atoms with E-state index in [0.29, 0.717) is 31.3 Å². The lowest BCUT2D eigenvalue weighted by Gasteiger charge is -2.25. The number of anilines is 1. The van der Waals surface area contributed by atoms with Crippen molar-refractivity contribution in [1.82, 2.24) is 14.3 Å². The Morgan fingerprint density at radius 1 is 1.15 bits per heavy atom. The normalized spacial score (nSPS) is 15.7. The molecule has 5 rings (SSSR count). The highest BCUT2D eigenvalue weighted by Gasteiger charge is 2.32. The minimum absolute atomic E-state index is 0.218. The summed E-state index contributed by atoms with van der Waals surface area (Å²) in [5, 5.41) is 7.68. The number of hydrogen-bond acceptors (Lipinski definition) is 5. The first kappa shape index (κ1) is 22.1. The Morgan fingerprint density at radius 2 is 1.88 bits per heavy atom. The van der Waals surface area contributed by atoms with Gasteiger partial charge < -0.3 is 5.32 Å². The molecule has 1 N–H and O–H groups in total. The van der Waals surface area contributed by atoms with Crippen LogP contribution in [0, 0.1) is 0 Å². The summed E-state index contributed by atoms with van der Waals surface area (Å²) in [7, 11) is 1.82. The molecule has 0 aliphatic carbocycles. The maximum Gasteiger partial charge on any atom is 0.271 e. The van der Waals surface area contributed by atoms with E-state index in [1.165, 1.54) is 11.3 Å². The summed E-state index contributed by atoms with van der Waals surface area (Å²) in [6.07, 6.45) is 5.32. The van der Waals surface area contributed by atoms with Crippen molar-refractivity contribution >= 4 is 40.6 Å². The van der Waals surface area contributed by atoms with Gasteiger partial charge in [-0.15, -0.1) is 0 Å². The maximum atomic E-state index is 13.6. The number of carbonyl (C=O) groups is 1. The molecule has 7 nitrogen and oxygen atoms in total. The van der Waals surface area contributed by atoms with Crippen molar-refractivity contribution in [3.63, 3.8) is 0 Å². The number of aryl methyl sites for hydroxylation is 1. The molecule has 9 heteroatoms. The van der Waals surface area contributed by atoms with Crippen LogP contribution in [-0.4, -0.2) is 20.3 Å². The van der Waals surface area contributed by atoms with E-state index in [9.17, 15) is 9.59 Å². The second-order valence-electron chi connectivity index (χ2n) is 7.90. The molecule has 1 amide bonds. The molecule has 34 heavy (non-hydrogen) atoms. The fourth-order valence-electron chi connectivity index (χ4n) is 3.96. The number of nitrogens with one attached hydrogen (secondary N) is 1. The molecule has 170 valence electrons. The molecule has 0 bridgehead atoms. The Hall–Kier alpha value is -3.75. The summed E-state index contributed by atoms with van der Waals surface area (Å²) >= 11 is 7.41. The van der Waals surface area contributed by atoms with Gasteiger partial charge in [0.15, 0.2) is 4.80 Å². The number of aromatic nitrogens is 3. The molecule has 2 aromatic carbocycles. The summed E-state index contributed by atoms with van der Waals surface area (Å²) in [5.41, 5.74) is 3.00. The topological polar surface area (TPSA) is 81.3 Å². The molecule has 4 aromatic rings. The third kappa shape index (κ3) is 4.13. The third-order valence-electron chi connectivity index (χ3n) is 5.51. The van der Waals surface area contributed by atoms with Gasteiger partial charge in [0.05, 0.1) is 28.0 Å². The van der Waals surface area contributed by atoms with Crippen molar-refractivity contribution in [2.45, 2.75) is 13.0 Å². The molecule has 1 atom stereocenters. The lowest BCUT2D eigenvalue weighted by Crippen LogP contribution is -2.40. The molecule has 0 saturated carbocycles. The van der Waals surface area contributed by atoms with Gasteiger partial charge >= 0.3 is 0 Å². The number of thiazole rings is 1. The quantitative estimate of drug-likeness (QED) is 0.477. The fourth-order valence-corrected chi connectivity index (χ4v) is 5.13. The van der Waals surface area contributed by atoms with E-state index in [4.69, 9.17) is 11.6 Å². The lowest BCUT2D eigenvalue weighted by atomic mass is 9.95. The van der Waals surface area contributed by atoms with Crippen molar-refractivity contribution < 1.29 is 4.79 Å². The zero-order valence-electron chi connectivity index (χ0n) is 18.4. The van der Waals surface area contributed by atoms with Crippen molar-refractivity contribution in [2.24, 2.45) is 12.0 Å². The number of benzene rings is 2. The Bertz CT molecular complexity index is 1600. The summed E-state index contributed by atoms with van der Waals surface area (Å²) in [5.74, 6) is -0.311. The van der Waals surface area contributed by atoms with E-state index in [1.54, 1.807) is 40.6 Å². The molecule has 3 heterocycles. The number of hydrogen-bond donors (Lipinski definition) is 1. The van der Waals surface area contributed by atoms with E-state index >= 15 is 0 Å². The van der Waals surface area contributed by atoms with Gasteiger partial charge in [-0.05, 0) is 42.8 Å². The second kappa shape index (κ2) is 8.89. The average molecular weight is 490 g/mol. The van der Waals surface area contributed by atoms with E-state index in [2.05, 4.69) is 15.4 Å². The number of amides is 1. The highest BCUT2D eigenvalue weighted by Crippen LogP contribution is 2.31. The Balaban J connectivity index is 1.68. The standard InChI is InChI=1S/C25H20ClN5O2S/c1-15-21(23(32)29-19-6-4-3-5-7-19)22(17-8-10-18(26)11-9-17)31-24(33)20(34-25(31)28-15)12-16-13-27-30(2)14-16/h3-14,22H,1-2H3,(H,29,32)/b20-12+/t22-/m1/s1. The molecule has 2 aromatic heterocycles. The van der Waals surface area contributed by atoms with Crippen LogP contribution in [0.1, 0.15) is 24.1 Å². The highest BCUT2D eigenvalue weighted by molar-refractivity contribution is 7.07. The summed E-state index contributed by atoms with van der Waals surface area (Å²) in [6, 6.07) is 15.7. The van der Waals surface area contributed by atoms with Crippen LogP contribution in [0.3, 0.4) is 0 Å². The van der Waals surface area contributed by atoms with Gasteiger partial charge in [0.25, 0.3) is 11.5 Å². The van der Waals surface area contributed by atoms with Crippen molar-refractivity contribution in [3.8, 4) is 0 Å². The first-order chi connectivity index (χ1) is 16.4. The molecular weight excluding hydrogens is 470 g/mol. The van der Waals surface area contributed by atoms with Crippen LogP contribution >= 0.6 is 22.9 Å². The number of fused-ring (bicyclic) bond motifs is 1. The predicted molar refractivity (Wildman–Crippen MR) is 133 cm³/mol. The van der Waals surface area contributed by atoms with Gasteiger partial charge in [-0.3, -0.25) is 18.8 Å². The number of allylic oxidation sites excluding steroid dienone is 1. The Kier molecular flexibility index (Phi) is 5.77. The first-order valence-electron chi connectivity index (χ1n) is 10.5. The van der Waals surface area contributed by atoms with E-state index in [0.717, 1.165) is 11.1 Å². The minimum atomic E-state index is -0.645. The summed E-state index contributed by atoms with van der Waals surface area (Å²) in [6.45, 7) is 1.79. The number of halogens is 1. The van der Waals surface area contributed by atoms with Crippen molar-refractivity contribution in [3.05, 3.63) is 114 Å². The van der Waals surface area contributed by atoms with Crippen molar-refractivity contribution in [1.29, 1.82) is 0 Å². The Labute approximate surface area is 204 Å². The molecule has 0 unspecified atom stereocenters. The SMILES string of the molecule is CC1=C(C(=O)Nc2ccccc2)[C@@H](c2ccc(Cl)cc2)n2c(s/c(=C/c3cnn(C)c3)c2=O)=N1. The van der Waals surface area contributed by atoms with Crippen LogP contribution in [0.4, 0.5) is 5.69 Å². The van der Waals surface area contributed by atoms with Gasteiger partial charge in [-0.25, -0.2) is 4.99 Å². The predicted octanol–water partition coefficient (Wildman–Crippen LogP) is 3.26. The van der Waals surface area contributed by atoms with Crippen molar-refractivity contribution in [2.75, 3.05) is 5.32 Å². The summed E-state index contributed by atoms with van der Waals surface area (Å²) in [4.78, 5) is 32.2. The van der Waals surface area contributed by atoms with Gasteiger partial charge in [0, 0.05) is 29.5 Å². The van der Waals surface area contributed by atoms with Crippen LogP contribution in [0.25, 0.3) is 6.08 Å². The number of nitrogens with zero attached hydrogens (tertiary/aromatic N) is 4. The van der Waals surface area contributed by atoms with E-state index < -0.39 is 6.04 Å². The first-order valence-corrected chi connectivity index (χ1v) is 11.7. The van der Waals surface area contributed by atoms with Gasteiger partial charge in [-0.1, -0.05) is 53.3 Å². The number of rotatable bonds is 4. The molecule has 0 radical (unpaired) electrons. The van der Waals surface area contributed by atoms with Crippen LogP contribution in [0.2, 0.25) is 5.02 Å². The van der Waals surface area contributed by atoms with Crippen LogP contribution < -0.4 is 20.2 Å². The van der Waals surface area contributed by atoms with Crippen LogP contribution in [0.15, 0.2) is 88.0 Å². The minimum Gasteiger partial charge on any atom is -0.322 e. The average Bonchev–Trinajstić information content (AvgIpc) is 3.36. The summed E-state index contributed by atoms with van der Waals surface area (Å²) < 4.78 is 3.78. The third-order valence-corrected chi connectivity index (χ3v) is 6.74. The number of carbonyl (C=O) groups excluding carboxylic acids is 1. The molecule has 1 aliphatic heterocycles. The molecule has 1 aliphatic rings.